The molecule has 2 unspecified atom stereocenters. The molecule has 0 aromatic heterocycles. The summed E-state index contributed by atoms with van der Waals surface area (Å²) in [6.07, 6.45) is 6.82. The zero-order chi connectivity index (χ0) is 12.5. The standard InChI is InChI=1S/C14H28N2S/c1-11-4-6-13(7-5-11)16(3)14(9-15)8-12(2)17-10-14/h11-13H,4-10,15H2,1-3H3. The van der Waals surface area contributed by atoms with Crippen LogP contribution in [-0.4, -0.2) is 41.1 Å². The number of hydrogen-bond donors (Lipinski definition) is 1. The van der Waals surface area contributed by atoms with Crippen molar-refractivity contribution in [2.75, 3.05) is 19.3 Å². The molecule has 0 radical (unpaired) electrons. The van der Waals surface area contributed by atoms with Gasteiger partial charge in [0.05, 0.1) is 0 Å². The van der Waals surface area contributed by atoms with Gasteiger partial charge in [0.25, 0.3) is 0 Å². The third-order valence-electron chi connectivity index (χ3n) is 4.97. The molecule has 1 heterocycles. The summed E-state index contributed by atoms with van der Waals surface area (Å²) in [5.74, 6) is 2.16. The van der Waals surface area contributed by atoms with E-state index in [0.29, 0.717) is 0 Å². The summed E-state index contributed by atoms with van der Waals surface area (Å²) in [7, 11) is 2.33. The predicted molar refractivity (Wildman–Crippen MR) is 77.5 cm³/mol. The van der Waals surface area contributed by atoms with E-state index in [1.54, 1.807) is 0 Å². The van der Waals surface area contributed by atoms with Crippen LogP contribution in [0.15, 0.2) is 0 Å². The van der Waals surface area contributed by atoms with Crippen molar-refractivity contribution in [3.05, 3.63) is 0 Å². The highest BCUT2D eigenvalue weighted by Gasteiger charge is 2.43. The third kappa shape index (κ3) is 2.82. The Bertz CT molecular complexity index is 251. The van der Waals surface area contributed by atoms with Crippen molar-refractivity contribution < 1.29 is 0 Å². The summed E-state index contributed by atoms with van der Waals surface area (Å²) < 4.78 is 0. The summed E-state index contributed by atoms with van der Waals surface area (Å²) in [5, 5.41) is 0.781. The first-order valence-corrected chi connectivity index (χ1v) is 8.17. The van der Waals surface area contributed by atoms with E-state index in [4.69, 9.17) is 5.73 Å². The second-order valence-corrected chi connectivity index (χ2v) is 7.71. The highest BCUT2D eigenvalue weighted by molar-refractivity contribution is 8.00. The maximum Gasteiger partial charge on any atom is 0.0432 e. The smallest absolute Gasteiger partial charge is 0.0432 e. The lowest BCUT2D eigenvalue weighted by atomic mass is 9.83. The monoisotopic (exact) mass is 256 g/mol. The van der Waals surface area contributed by atoms with Crippen LogP contribution in [0.3, 0.4) is 0 Å². The summed E-state index contributed by atoms with van der Waals surface area (Å²) >= 11 is 2.10. The first kappa shape index (κ1) is 13.7. The van der Waals surface area contributed by atoms with Crippen molar-refractivity contribution in [3.8, 4) is 0 Å². The van der Waals surface area contributed by atoms with Crippen molar-refractivity contribution in [1.82, 2.24) is 4.90 Å². The fourth-order valence-corrected chi connectivity index (χ4v) is 4.96. The van der Waals surface area contributed by atoms with E-state index in [-0.39, 0.29) is 5.54 Å². The number of thioether (sulfide) groups is 1. The van der Waals surface area contributed by atoms with Crippen molar-refractivity contribution in [2.24, 2.45) is 11.7 Å². The average molecular weight is 256 g/mol. The van der Waals surface area contributed by atoms with Crippen LogP contribution < -0.4 is 5.73 Å². The lowest BCUT2D eigenvalue weighted by Crippen LogP contribution is -2.57. The number of likely N-dealkylation sites (N-methyl/N-ethyl adjacent to an activating group) is 1. The van der Waals surface area contributed by atoms with Crippen molar-refractivity contribution >= 4 is 11.8 Å². The van der Waals surface area contributed by atoms with Gasteiger partial charge in [0, 0.05) is 29.1 Å². The summed E-state index contributed by atoms with van der Waals surface area (Å²) in [5.41, 5.74) is 6.40. The second-order valence-electron chi connectivity index (χ2n) is 6.28. The molecule has 1 saturated carbocycles. The molecule has 2 nitrogen and oxygen atoms in total. The molecule has 2 aliphatic rings. The number of rotatable bonds is 3. The van der Waals surface area contributed by atoms with Gasteiger partial charge in [-0.25, -0.2) is 0 Å². The first-order valence-electron chi connectivity index (χ1n) is 7.12. The van der Waals surface area contributed by atoms with Crippen LogP contribution in [0.2, 0.25) is 0 Å². The van der Waals surface area contributed by atoms with Gasteiger partial charge in [-0.3, -0.25) is 4.90 Å². The zero-order valence-electron chi connectivity index (χ0n) is 11.6. The Hall–Kier alpha value is 0.270. The Balaban J connectivity index is 2.00. The Morgan fingerprint density at radius 1 is 1.24 bits per heavy atom. The molecular weight excluding hydrogens is 228 g/mol. The SMILES string of the molecule is CC1CCC(N(C)C2(CN)CSC(C)C2)CC1. The zero-order valence-corrected chi connectivity index (χ0v) is 12.4. The van der Waals surface area contributed by atoms with Crippen molar-refractivity contribution in [2.45, 2.75) is 62.8 Å². The Kier molecular flexibility index (Phi) is 4.43. The molecule has 3 heteroatoms. The largest absolute Gasteiger partial charge is 0.329 e. The number of nitrogens with two attached hydrogens (primary N) is 1. The van der Waals surface area contributed by atoms with E-state index in [0.717, 1.165) is 23.8 Å². The highest BCUT2D eigenvalue weighted by Crippen LogP contribution is 2.40. The van der Waals surface area contributed by atoms with Gasteiger partial charge in [0.15, 0.2) is 0 Å². The Labute approximate surface area is 111 Å². The average Bonchev–Trinajstić information content (AvgIpc) is 2.72. The number of hydrogen-bond acceptors (Lipinski definition) is 3. The van der Waals surface area contributed by atoms with Crippen LogP contribution in [0, 0.1) is 5.92 Å². The molecule has 17 heavy (non-hydrogen) atoms. The Morgan fingerprint density at radius 2 is 1.88 bits per heavy atom. The molecule has 0 amide bonds. The van der Waals surface area contributed by atoms with Crippen molar-refractivity contribution in [1.29, 1.82) is 0 Å². The molecule has 0 spiro atoms. The fourth-order valence-electron chi connectivity index (χ4n) is 3.50. The summed E-state index contributed by atoms with van der Waals surface area (Å²) in [4.78, 5) is 2.65. The third-order valence-corrected chi connectivity index (χ3v) is 6.40. The summed E-state index contributed by atoms with van der Waals surface area (Å²) in [6.45, 7) is 5.56. The lowest BCUT2D eigenvalue weighted by molar-refractivity contribution is 0.0646. The maximum absolute atomic E-state index is 6.11. The van der Waals surface area contributed by atoms with Gasteiger partial charge in [0.1, 0.15) is 0 Å². The molecule has 2 N–H and O–H groups in total. The van der Waals surface area contributed by atoms with E-state index >= 15 is 0 Å². The van der Waals surface area contributed by atoms with Gasteiger partial charge >= 0.3 is 0 Å². The van der Waals surface area contributed by atoms with Crippen LogP contribution >= 0.6 is 11.8 Å². The molecule has 2 fully saturated rings. The van der Waals surface area contributed by atoms with Gasteiger partial charge in [-0.1, -0.05) is 13.8 Å². The fraction of sp³-hybridized carbons (Fsp3) is 1.00. The van der Waals surface area contributed by atoms with Gasteiger partial charge in [-0.05, 0) is 45.1 Å². The highest BCUT2D eigenvalue weighted by atomic mass is 32.2. The first-order chi connectivity index (χ1) is 8.07. The van der Waals surface area contributed by atoms with E-state index < -0.39 is 0 Å². The molecule has 1 aliphatic heterocycles. The minimum absolute atomic E-state index is 0.287. The van der Waals surface area contributed by atoms with E-state index in [1.807, 2.05) is 0 Å². The second kappa shape index (κ2) is 5.50. The van der Waals surface area contributed by atoms with Gasteiger partial charge in [0.2, 0.25) is 0 Å². The molecule has 0 aromatic carbocycles. The molecule has 2 rings (SSSR count). The molecule has 1 aliphatic carbocycles. The molecular formula is C14H28N2S. The lowest BCUT2D eigenvalue weighted by Gasteiger charge is -2.45. The summed E-state index contributed by atoms with van der Waals surface area (Å²) in [6, 6.07) is 0.778. The number of nitrogens with zero attached hydrogens (tertiary/aromatic N) is 1. The molecule has 2 atom stereocenters. The van der Waals surface area contributed by atoms with Crippen LogP contribution in [0.5, 0.6) is 0 Å². The minimum atomic E-state index is 0.287. The minimum Gasteiger partial charge on any atom is -0.329 e. The molecule has 0 aromatic rings. The molecule has 1 saturated heterocycles. The van der Waals surface area contributed by atoms with Gasteiger partial charge in [-0.15, -0.1) is 0 Å². The normalized spacial score (nSPS) is 43.2. The van der Waals surface area contributed by atoms with Crippen LogP contribution in [0.1, 0.15) is 46.0 Å². The van der Waals surface area contributed by atoms with Gasteiger partial charge in [-0.2, -0.15) is 11.8 Å². The molecule has 100 valence electrons. The Morgan fingerprint density at radius 3 is 2.35 bits per heavy atom. The predicted octanol–water partition coefficient (Wildman–Crippen LogP) is 2.72. The van der Waals surface area contributed by atoms with Crippen LogP contribution in [-0.2, 0) is 0 Å². The maximum atomic E-state index is 6.11. The topological polar surface area (TPSA) is 29.3 Å². The molecule has 0 bridgehead atoms. The van der Waals surface area contributed by atoms with Gasteiger partial charge < -0.3 is 5.73 Å². The van der Waals surface area contributed by atoms with E-state index in [9.17, 15) is 0 Å². The quantitative estimate of drug-likeness (QED) is 0.842. The van der Waals surface area contributed by atoms with E-state index in [1.165, 1.54) is 37.9 Å². The van der Waals surface area contributed by atoms with Crippen LogP contribution in [0.4, 0.5) is 0 Å². The van der Waals surface area contributed by atoms with E-state index in [2.05, 4.69) is 37.6 Å². The van der Waals surface area contributed by atoms with Crippen LogP contribution in [0.25, 0.3) is 0 Å². The van der Waals surface area contributed by atoms with Crippen molar-refractivity contribution in [3.63, 3.8) is 0 Å².